The molecule has 0 amide bonds. The zero-order valence-corrected chi connectivity index (χ0v) is 11.9. The van der Waals surface area contributed by atoms with Gasteiger partial charge in [0.2, 0.25) is 0 Å². The molecule has 108 valence electrons. The number of rotatable bonds is 5. The van der Waals surface area contributed by atoms with E-state index in [-0.39, 0.29) is 10.6 Å². The van der Waals surface area contributed by atoms with Gasteiger partial charge in [-0.05, 0) is 30.5 Å². The first kappa shape index (κ1) is 14.7. The fraction of sp³-hybridized carbons (Fsp3) is 0.357. The molecule has 2 aromatic rings. The van der Waals surface area contributed by atoms with E-state index in [1.54, 1.807) is 23.0 Å². The normalized spacial score (nSPS) is 10.3. The van der Waals surface area contributed by atoms with Crippen molar-refractivity contribution in [2.24, 2.45) is 0 Å². The minimum Gasteiger partial charge on any atom is -0.258 e. The van der Waals surface area contributed by atoms with Crippen LogP contribution < -0.4 is 0 Å². The Balaban J connectivity index is 2.44. The van der Waals surface area contributed by atoms with Crippen LogP contribution in [0.2, 0.25) is 0 Å². The molecule has 0 unspecified atom stereocenters. The van der Waals surface area contributed by atoms with Gasteiger partial charge in [0.15, 0.2) is 0 Å². The van der Waals surface area contributed by atoms with Gasteiger partial charge in [-0.25, -0.2) is 4.98 Å². The van der Waals surface area contributed by atoms with Crippen molar-refractivity contribution < 1.29 is 4.92 Å². The van der Waals surface area contributed by atoms with Crippen LogP contribution in [0.1, 0.15) is 36.5 Å². The van der Waals surface area contributed by atoms with E-state index in [0.29, 0.717) is 36.5 Å². The molecule has 21 heavy (non-hydrogen) atoms. The Hall–Kier alpha value is -2.75. The van der Waals surface area contributed by atoms with E-state index in [0.717, 1.165) is 5.56 Å². The van der Waals surface area contributed by atoms with Crippen LogP contribution in [0.3, 0.4) is 0 Å². The van der Waals surface area contributed by atoms with Crippen LogP contribution in [0.5, 0.6) is 0 Å². The number of hydrogen-bond donors (Lipinski definition) is 0. The van der Waals surface area contributed by atoms with E-state index in [1.165, 1.54) is 0 Å². The fourth-order valence-corrected chi connectivity index (χ4v) is 2.28. The smallest absolute Gasteiger partial charge is 0.258 e. The number of hydrogen-bond acceptors (Lipinski definition) is 5. The molecule has 0 atom stereocenters. The molecule has 7 heteroatoms. The lowest BCUT2D eigenvalue weighted by molar-refractivity contribution is -0.386. The van der Waals surface area contributed by atoms with E-state index in [1.807, 2.05) is 19.9 Å². The second-order valence-corrected chi connectivity index (χ2v) is 4.52. The van der Waals surface area contributed by atoms with Crippen LogP contribution >= 0.6 is 0 Å². The highest BCUT2D eigenvalue weighted by Crippen LogP contribution is 2.25. The molecule has 0 N–H and O–H groups in total. The summed E-state index contributed by atoms with van der Waals surface area (Å²) in [5.74, 6) is 0. The fourth-order valence-electron chi connectivity index (χ4n) is 2.28. The molecule has 0 aliphatic carbocycles. The summed E-state index contributed by atoms with van der Waals surface area (Å²) in [6.45, 7) is 4.10. The molecular formula is C14H15N5O2. The van der Waals surface area contributed by atoms with Crippen molar-refractivity contribution in [2.45, 2.75) is 33.2 Å². The average molecular weight is 285 g/mol. The quantitative estimate of drug-likeness (QED) is 0.619. The van der Waals surface area contributed by atoms with E-state index in [9.17, 15) is 10.1 Å². The lowest BCUT2D eigenvalue weighted by Crippen LogP contribution is -2.07. The molecule has 2 heterocycles. The molecule has 0 aliphatic rings. The van der Waals surface area contributed by atoms with Crippen molar-refractivity contribution >= 4 is 5.69 Å². The molecule has 0 saturated heterocycles. The van der Waals surface area contributed by atoms with Gasteiger partial charge in [0.1, 0.15) is 23.2 Å². The molecule has 0 spiro atoms. The van der Waals surface area contributed by atoms with E-state index >= 15 is 0 Å². The predicted octanol–water partition coefficient (Wildman–Crippen LogP) is 2.23. The first-order valence-electron chi connectivity index (χ1n) is 6.68. The highest BCUT2D eigenvalue weighted by molar-refractivity contribution is 5.42. The van der Waals surface area contributed by atoms with Crippen molar-refractivity contribution in [1.82, 2.24) is 14.8 Å². The monoisotopic (exact) mass is 285 g/mol. The van der Waals surface area contributed by atoms with Gasteiger partial charge >= 0.3 is 5.69 Å². The van der Waals surface area contributed by atoms with Crippen molar-refractivity contribution in [3.63, 3.8) is 0 Å². The molecule has 0 bridgehead atoms. The van der Waals surface area contributed by atoms with Gasteiger partial charge in [0.05, 0.1) is 11.5 Å². The molecule has 0 radical (unpaired) electrons. The van der Waals surface area contributed by atoms with E-state index < -0.39 is 0 Å². The van der Waals surface area contributed by atoms with Gasteiger partial charge in [0.25, 0.3) is 0 Å². The molecule has 0 fully saturated rings. The lowest BCUT2D eigenvalue weighted by atomic mass is 10.2. The van der Waals surface area contributed by atoms with E-state index in [2.05, 4.69) is 10.1 Å². The van der Waals surface area contributed by atoms with Gasteiger partial charge in [-0.1, -0.05) is 13.8 Å². The molecular weight excluding hydrogens is 270 g/mol. The second-order valence-electron chi connectivity index (χ2n) is 4.52. The van der Waals surface area contributed by atoms with Crippen molar-refractivity contribution in [3.8, 4) is 6.07 Å². The molecule has 2 aromatic heterocycles. The number of nitrogens with zero attached hydrogens (tertiary/aromatic N) is 5. The molecule has 0 aliphatic heterocycles. The van der Waals surface area contributed by atoms with Gasteiger partial charge in [-0.2, -0.15) is 10.4 Å². The molecule has 7 nitrogen and oxygen atoms in total. The second kappa shape index (κ2) is 6.13. The maximum atomic E-state index is 11.2. The number of aryl methyl sites for hydroxylation is 1. The molecule has 0 aromatic carbocycles. The summed E-state index contributed by atoms with van der Waals surface area (Å²) in [6.07, 6.45) is 2.59. The Morgan fingerprint density at radius 2 is 2.19 bits per heavy atom. The zero-order valence-electron chi connectivity index (χ0n) is 11.9. The lowest BCUT2D eigenvalue weighted by Gasteiger charge is -2.05. The largest absolute Gasteiger partial charge is 0.313 e. The topological polar surface area (TPSA) is 97.6 Å². The first-order chi connectivity index (χ1) is 10.1. The van der Waals surface area contributed by atoms with E-state index in [4.69, 9.17) is 5.26 Å². The van der Waals surface area contributed by atoms with Crippen LogP contribution in [0.4, 0.5) is 5.69 Å². The third-order valence-corrected chi connectivity index (χ3v) is 3.22. The highest BCUT2D eigenvalue weighted by atomic mass is 16.6. The van der Waals surface area contributed by atoms with Gasteiger partial charge < -0.3 is 0 Å². The number of nitriles is 1. The molecule has 0 saturated carbocycles. The molecule has 2 rings (SSSR count). The first-order valence-corrected chi connectivity index (χ1v) is 6.68. The summed E-state index contributed by atoms with van der Waals surface area (Å²) in [4.78, 5) is 14.8. The van der Waals surface area contributed by atoms with Gasteiger partial charge in [0, 0.05) is 6.20 Å². The van der Waals surface area contributed by atoms with Gasteiger partial charge in [-0.15, -0.1) is 0 Å². The van der Waals surface area contributed by atoms with Crippen molar-refractivity contribution in [1.29, 1.82) is 5.26 Å². The van der Waals surface area contributed by atoms with Gasteiger partial charge in [-0.3, -0.25) is 14.8 Å². The Kier molecular flexibility index (Phi) is 4.28. The number of aromatic nitrogens is 3. The predicted molar refractivity (Wildman–Crippen MR) is 75.7 cm³/mol. The van der Waals surface area contributed by atoms with Crippen LogP contribution in [-0.4, -0.2) is 19.7 Å². The van der Waals surface area contributed by atoms with Crippen molar-refractivity contribution in [3.05, 3.63) is 51.1 Å². The Bertz CT molecular complexity index is 715. The third kappa shape index (κ3) is 2.89. The number of pyridine rings is 1. The number of nitro groups is 1. The SMILES string of the molecule is CCc1nn(Cc2ccnc(C#N)c2)c(CC)c1[N+](=O)[O-]. The Labute approximate surface area is 122 Å². The Morgan fingerprint density at radius 1 is 1.43 bits per heavy atom. The summed E-state index contributed by atoms with van der Waals surface area (Å²) in [6, 6.07) is 5.42. The minimum absolute atomic E-state index is 0.106. The maximum absolute atomic E-state index is 11.2. The zero-order chi connectivity index (χ0) is 15.4. The van der Waals surface area contributed by atoms with Crippen LogP contribution in [0.15, 0.2) is 18.3 Å². The summed E-state index contributed by atoms with van der Waals surface area (Å²) in [5, 5.41) is 24.4. The highest BCUT2D eigenvalue weighted by Gasteiger charge is 2.25. The van der Waals surface area contributed by atoms with Crippen LogP contribution in [0.25, 0.3) is 0 Å². The van der Waals surface area contributed by atoms with Crippen LogP contribution in [-0.2, 0) is 19.4 Å². The standard InChI is InChI=1S/C14H15N5O2/c1-3-12-14(19(20)21)13(4-2)18(17-12)9-10-5-6-16-11(7-10)8-15/h5-7H,3-4,9H2,1-2H3. The minimum atomic E-state index is -0.367. The summed E-state index contributed by atoms with van der Waals surface area (Å²) in [7, 11) is 0. The third-order valence-electron chi connectivity index (χ3n) is 3.22. The van der Waals surface area contributed by atoms with Crippen LogP contribution in [0, 0.1) is 21.4 Å². The summed E-state index contributed by atoms with van der Waals surface area (Å²) < 4.78 is 1.65. The Morgan fingerprint density at radius 3 is 2.76 bits per heavy atom. The summed E-state index contributed by atoms with van der Waals surface area (Å²) in [5.41, 5.74) is 2.37. The summed E-state index contributed by atoms with van der Waals surface area (Å²) >= 11 is 0. The average Bonchev–Trinajstić information content (AvgIpc) is 2.85. The van der Waals surface area contributed by atoms with Crippen molar-refractivity contribution in [2.75, 3.05) is 0 Å². The maximum Gasteiger partial charge on any atom is 0.313 e.